The van der Waals surface area contributed by atoms with Gasteiger partial charge in [0.1, 0.15) is 0 Å². The Bertz CT molecular complexity index is 934. The van der Waals surface area contributed by atoms with Gasteiger partial charge in [-0.3, -0.25) is 4.79 Å². The molecule has 0 aliphatic rings. The molecule has 0 amide bonds. The third-order valence-electron chi connectivity index (χ3n) is 3.67. The summed E-state index contributed by atoms with van der Waals surface area (Å²) in [6, 6.07) is 14.5. The summed E-state index contributed by atoms with van der Waals surface area (Å²) in [5, 5.41) is 28.8. The number of aromatic hydroxyl groups is 3. The van der Waals surface area contributed by atoms with Crippen LogP contribution in [0.5, 0.6) is 17.2 Å². The second-order valence-corrected chi connectivity index (χ2v) is 5.22. The van der Waals surface area contributed by atoms with Crippen molar-refractivity contribution in [2.75, 3.05) is 0 Å². The van der Waals surface area contributed by atoms with Crippen molar-refractivity contribution in [3.63, 3.8) is 0 Å². The van der Waals surface area contributed by atoms with Gasteiger partial charge in [-0.25, -0.2) is 4.39 Å². The number of phenolic OH excluding ortho intramolecular Hbond substituents is 3. The molecule has 0 radical (unpaired) electrons. The molecular formula is C19H13FO4. The molecule has 0 bridgehead atoms. The predicted octanol–water partition coefficient (Wildman–Crippen LogP) is 3.84. The number of hydrogen-bond donors (Lipinski definition) is 3. The van der Waals surface area contributed by atoms with Crippen LogP contribution in [0.25, 0.3) is 11.1 Å². The van der Waals surface area contributed by atoms with E-state index in [9.17, 15) is 24.5 Å². The van der Waals surface area contributed by atoms with Gasteiger partial charge in [0.2, 0.25) is 0 Å². The van der Waals surface area contributed by atoms with Gasteiger partial charge in [-0.05, 0) is 29.8 Å². The number of carbonyl (C=O) groups excluding carboxylic acids is 1. The summed E-state index contributed by atoms with van der Waals surface area (Å²) >= 11 is 0. The van der Waals surface area contributed by atoms with E-state index in [1.807, 2.05) is 0 Å². The third-order valence-corrected chi connectivity index (χ3v) is 3.67. The van der Waals surface area contributed by atoms with E-state index in [1.54, 1.807) is 12.1 Å². The highest BCUT2D eigenvalue weighted by molar-refractivity contribution is 6.11. The van der Waals surface area contributed by atoms with Gasteiger partial charge in [-0.1, -0.05) is 36.4 Å². The van der Waals surface area contributed by atoms with Gasteiger partial charge in [0, 0.05) is 11.1 Å². The number of para-hydroxylation sites is 1. The number of benzene rings is 3. The van der Waals surface area contributed by atoms with E-state index in [0.717, 1.165) is 0 Å². The zero-order valence-electron chi connectivity index (χ0n) is 12.4. The maximum atomic E-state index is 14.1. The summed E-state index contributed by atoms with van der Waals surface area (Å²) in [5.74, 6) is -2.66. The van der Waals surface area contributed by atoms with Crippen molar-refractivity contribution in [1.29, 1.82) is 0 Å². The second-order valence-electron chi connectivity index (χ2n) is 5.22. The summed E-state index contributed by atoms with van der Waals surface area (Å²) < 4.78 is 14.1. The molecule has 3 rings (SSSR count). The van der Waals surface area contributed by atoms with Crippen molar-refractivity contribution in [3.8, 4) is 28.4 Å². The van der Waals surface area contributed by atoms with E-state index >= 15 is 0 Å². The molecule has 4 nitrogen and oxygen atoms in total. The van der Waals surface area contributed by atoms with Crippen molar-refractivity contribution in [2.24, 2.45) is 0 Å². The molecule has 0 saturated heterocycles. The number of ketones is 1. The topological polar surface area (TPSA) is 77.8 Å². The van der Waals surface area contributed by atoms with Gasteiger partial charge in [-0.15, -0.1) is 0 Å². The summed E-state index contributed by atoms with van der Waals surface area (Å²) in [6.45, 7) is 0. The van der Waals surface area contributed by atoms with Crippen molar-refractivity contribution < 1.29 is 24.5 Å². The zero-order valence-corrected chi connectivity index (χ0v) is 12.4. The van der Waals surface area contributed by atoms with Crippen LogP contribution in [0.1, 0.15) is 15.9 Å². The maximum Gasteiger partial charge on any atom is 0.196 e. The number of carbonyl (C=O) groups is 1. The van der Waals surface area contributed by atoms with Gasteiger partial charge < -0.3 is 15.3 Å². The van der Waals surface area contributed by atoms with Crippen LogP contribution in [0.4, 0.5) is 4.39 Å². The van der Waals surface area contributed by atoms with Crippen molar-refractivity contribution in [3.05, 3.63) is 77.6 Å². The van der Waals surface area contributed by atoms with Crippen LogP contribution >= 0.6 is 0 Å². The first-order chi connectivity index (χ1) is 11.5. The molecule has 0 fully saturated rings. The van der Waals surface area contributed by atoms with Gasteiger partial charge in [0.05, 0.1) is 5.56 Å². The standard InChI is InChI=1S/C19H13FO4/c20-17-13(6-2-8-15(17)21)11-4-1-5-12(10-11)18(23)14-7-3-9-16(22)19(14)24/h1-10,21-22,24H. The molecule has 0 heterocycles. The minimum atomic E-state index is -0.776. The van der Waals surface area contributed by atoms with E-state index in [2.05, 4.69) is 0 Å². The molecule has 0 spiro atoms. The normalized spacial score (nSPS) is 10.5. The summed E-state index contributed by atoms with van der Waals surface area (Å²) in [4.78, 5) is 12.5. The van der Waals surface area contributed by atoms with Gasteiger partial charge in [-0.2, -0.15) is 0 Å². The highest BCUT2D eigenvalue weighted by Gasteiger charge is 2.17. The molecule has 3 N–H and O–H groups in total. The van der Waals surface area contributed by atoms with Crippen molar-refractivity contribution in [1.82, 2.24) is 0 Å². The smallest absolute Gasteiger partial charge is 0.196 e. The van der Waals surface area contributed by atoms with Gasteiger partial charge in [0.25, 0.3) is 0 Å². The monoisotopic (exact) mass is 324 g/mol. The Labute approximate surface area is 137 Å². The molecule has 24 heavy (non-hydrogen) atoms. The van der Waals surface area contributed by atoms with Crippen LogP contribution < -0.4 is 0 Å². The van der Waals surface area contributed by atoms with E-state index in [0.29, 0.717) is 5.56 Å². The molecule has 3 aromatic rings. The molecule has 3 aromatic carbocycles. The highest BCUT2D eigenvalue weighted by Crippen LogP contribution is 2.32. The SMILES string of the molecule is O=C(c1cccc(-c2cccc(O)c2F)c1)c1cccc(O)c1O. The molecule has 0 aliphatic carbocycles. The Hall–Kier alpha value is -3.34. The average molecular weight is 324 g/mol. The van der Waals surface area contributed by atoms with Crippen molar-refractivity contribution >= 4 is 5.78 Å². The molecule has 120 valence electrons. The van der Waals surface area contributed by atoms with Crippen molar-refractivity contribution in [2.45, 2.75) is 0 Å². The maximum absolute atomic E-state index is 14.1. The van der Waals surface area contributed by atoms with Crippen LogP contribution in [0.15, 0.2) is 60.7 Å². The summed E-state index contributed by atoms with van der Waals surface area (Å²) in [6.07, 6.45) is 0. The van der Waals surface area contributed by atoms with Gasteiger partial charge >= 0.3 is 0 Å². The highest BCUT2D eigenvalue weighted by atomic mass is 19.1. The van der Waals surface area contributed by atoms with E-state index < -0.39 is 28.8 Å². The first kappa shape index (κ1) is 15.6. The fourth-order valence-corrected chi connectivity index (χ4v) is 2.44. The Morgan fingerprint density at radius 2 is 1.50 bits per heavy atom. The lowest BCUT2D eigenvalue weighted by atomic mass is 9.97. The Kier molecular flexibility index (Phi) is 3.92. The molecule has 0 unspecified atom stereocenters. The molecular weight excluding hydrogens is 311 g/mol. The molecule has 0 saturated carbocycles. The van der Waals surface area contributed by atoms with Crippen LogP contribution in [0, 0.1) is 5.82 Å². The third kappa shape index (κ3) is 2.67. The molecule has 0 aliphatic heterocycles. The van der Waals surface area contributed by atoms with E-state index in [1.165, 1.54) is 48.5 Å². The van der Waals surface area contributed by atoms with Crippen LogP contribution in [0.2, 0.25) is 0 Å². The Balaban J connectivity index is 2.06. The van der Waals surface area contributed by atoms with Crippen LogP contribution in [0.3, 0.4) is 0 Å². The van der Waals surface area contributed by atoms with E-state index in [4.69, 9.17) is 0 Å². The molecule has 5 heteroatoms. The lowest BCUT2D eigenvalue weighted by Gasteiger charge is -2.08. The summed E-state index contributed by atoms with van der Waals surface area (Å²) in [5.41, 5.74) is 0.735. The number of hydrogen-bond acceptors (Lipinski definition) is 4. The largest absolute Gasteiger partial charge is 0.505 e. The predicted molar refractivity (Wildman–Crippen MR) is 86.7 cm³/mol. The fraction of sp³-hybridized carbons (Fsp3) is 0. The molecule has 0 aromatic heterocycles. The fourth-order valence-electron chi connectivity index (χ4n) is 2.44. The number of phenols is 3. The lowest BCUT2D eigenvalue weighted by molar-refractivity contribution is 0.103. The first-order valence-electron chi connectivity index (χ1n) is 7.12. The number of halogens is 1. The van der Waals surface area contributed by atoms with Crippen LogP contribution in [-0.4, -0.2) is 21.1 Å². The zero-order chi connectivity index (χ0) is 17.3. The Morgan fingerprint density at radius 1 is 0.833 bits per heavy atom. The first-order valence-corrected chi connectivity index (χ1v) is 7.12. The second kappa shape index (κ2) is 6.04. The Morgan fingerprint density at radius 3 is 2.29 bits per heavy atom. The molecule has 0 atom stereocenters. The minimum absolute atomic E-state index is 0.0523. The van der Waals surface area contributed by atoms with E-state index in [-0.39, 0.29) is 16.7 Å². The quantitative estimate of drug-likeness (QED) is 0.505. The number of rotatable bonds is 3. The van der Waals surface area contributed by atoms with Crippen LogP contribution in [-0.2, 0) is 0 Å². The minimum Gasteiger partial charge on any atom is -0.505 e. The summed E-state index contributed by atoms with van der Waals surface area (Å²) in [7, 11) is 0. The van der Waals surface area contributed by atoms with Gasteiger partial charge in [0.15, 0.2) is 28.8 Å². The average Bonchev–Trinajstić information content (AvgIpc) is 2.59. The lowest BCUT2D eigenvalue weighted by Crippen LogP contribution is -2.02.